The maximum atomic E-state index is 8.36. The number of rotatable bonds is 3. The van der Waals surface area contributed by atoms with Gasteiger partial charge in [-0.25, -0.2) is 0 Å². The molecule has 0 bridgehead atoms. The van der Waals surface area contributed by atoms with Crippen molar-refractivity contribution in [1.82, 2.24) is 0 Å². The van der Waals surface area contributed by atoms with Gasteiger partial charge >= 0.3 is 0 Å². The second-order valence-corrected chi connectivity index (χ2v) is 2.80. The van der Waals surface area contributed by atoms with E-state index in [-0.39, 0.29) is 17.9 Å². The molecule has 0 saturated heterocycles. The predicted octanol–water partition coefficient (Wildman–Crippen LogP) is 1.43. The Morgan fingerprint density at radius 3 is 1.88 bits per heavy atom. The van der Waals surface area contributed by atoms with Crippen LogP contribution in [-0.2, 0) is 0 Å². The van der Waals surface area contributed by atoms with Gasteiger partial charge in [0.1, 0.15) is 0 Å². The quantitative estimate of drug-likeness (QED) is 0.647. The standard InChI is InChI=1S/C4H7Cl3O/c5-1-3(6)4(7)2-8/h3-4,8H,1-2H2/t3-,4-/m1/s1. The highest BCUT2D eigenvalue weighted by atomic mass is 35.5. The number of hydrogen-bond donors (Lipinski definition) is 1. The van der Waals surface area contributed by atoms with E-state index >= 15 is 0 Å². The largest absolute Gasteiger partial charge is 0.395 e. The molecule has 0 aliphatic rings. The van der Waals surface area contributed by atoms with Crippen LogP contribution in [0.25, 0.3) is 0 Å². The average Bonchev–Trinajstić information content (AvgIpc) is 1.84. The first-order valence-electron chi connectivity index (χ1n) is 2.17. The van der Waals surface area contributed by atoms with E-state index in [0.29, 0.717) is 0 Å². The SMILES string of the molecule is OC[C@@H](Cl)[C@H](Cl)CCl. The monoisotopic (exact) mass is 176 g/mol. The molecule has 1 nitrogen and oxygen atoms in total. The molecule has 8 heavy (non-hydrogen) atoms. The minimum atomic E-state index is -0.422. The smallest absolute Gasteiger partial charge is 0.0742 e. The van der Waals surface area contributed by atoms with Crippen LogP contribution >= 0.6 is 34.8 Å². The molecule has 0 amide bonds. The summed E-state index contributed by atoms with van der Waals surface area (Å²) in [5.74, 6) is 0.274. The minimum absolute atomic E-state index is 0.123. The molecule has 0 saturated carbocycles. The van der Waals surface area contributed by atoms with Crippen LogP contribution in [0.4, 0.5) is 0 Å². The fraction of sp³-hybridized carbons (Fsp3) is 1.00. The fourth-order valence-corrected chi connectivity index (χ4v) is 0.686. The van der Waals surface area contributed by atoms with Crippen LogP contribution in [0, 0.1) is 0 Å². The fourth-order valence-electron chi connectivity index (χ4n) is 0.211. The normalized spacial score (nSPS) is 18.0. The van der Waals surface area contributed by atoms with Gasteiger partial charge in [0.25, 0.3) is 0 Å². The van der Waals surface area contributed by atoms with Crippen LogP contribution < -0.4 is 0 Å². The van der Waals surface area contributed by atoms with E-state index in [1.807, 2.05) is 0 Å². The third kappa shape index (κ3) is 2.98. The molecule has 0 rings (SSSR count). The summed E-state index contributed by atoms with van der Waals surface area (Å²) in [5.41, 5.74) is 0. The molecule has 0 aromatic heterocycles. The van der Waals surface area contributed by atoms with Crippen LogP contribution in [-0.4, -0.2) is 28.3 Å². The van der Waals surface area contributed by atoms with Crippen LogP contribution in [0.2, 0.25) is 0 Å². The lowest BCUT2D eigenvalue weighted by atomic mass is 10.3. The van der Waals surface area contributed by atoms with E-state index in [1.54, 1.807) is 0 Å². The first-order valence-corrected chi connectivity index (χ1v) is 3.58. The van der Waals surface area contributed by atoms with Crippen molar-refractivity contribution in [2.45, 2.75) is 10.8 Å². The lowest BCUT2D eigenvalue weighted by Crippen LogP contribution is -2.20. The Kier molecular flexibility index (Phi) is 5.17. The molecule has 0 heterocycles. The molecule has 50 valence electrons. The van der Waals surface area contributed by atoms with Crippen molar-refractivity contribution in [2.75, 3.05) is 12.5 Å². The van der Waals surface area contributed by atoms with E-state index in [1.165, 1.54) is 0 Å². The maximum absolute atomic E-state index is 8.36. The highest BCUT2D eigenvalue weighted by Crippen LogP contribution is 2.10. The molecule has 0 fully saturated rings. The van der Waals surface area contributed by atoms with Gasteiger partial charge in [-0.05, 0) is 0 Å². The van der Waals surface area contributed by atoms with Crippen molar-refractivity contribution < 1.29 is 5.11 Å². The highest BCUT2D eigenvalue weighted by molar-refractivity contribution is 6.33. The van der Waals surface area contributed by atoms with E-state index in [2.05, 4.69) is 0 Å². The molecule has 0 spiro atoms. The van der Waals surface area contributed by atoms with Crippen molar-refractivity contribution in [3.63, 3.8) is 0 Å². The summed E-state index contributed by atoms with van der Waals surface area (Å²) in [6, 6.07) is 0. The highest BCUT2D eigenvalue weighted by Gasteiger charge is 2.13. The molecule has 0 aliphatic carbocycles. The van der Waals surface area contributed by atoms with Crippen molar-refractivity contribution in [3.8, 4) is 0 Å². The van der Waals surface area contributed by atoms with Gasteiger partial charge in [0, 0.05) is 5.88 Å². The van der Waals surface area contributed by atoms with Crippen molar-refractivity contribution in [2.24, 2.45) is 0 Å². The zero-order chi connectivity index (χ0) is 6.57. The molecular formula is C4H7Cl3O. The van der Waals surface area contributed by atoms with Gasteiger partial charge in [0.15, 0.2) is 0 Å². The van der Waals surface area contributed by atoms with Crippen LogP contribution in [0.1, 0.15) is 0 Å². The Labute approximate surface area is 63.5 Å². The van der Waals surface area contributed by atoms with Crippen LogP contribution in [0.5, 0.6) is 0 Å². The van der Waals surface area contributed by atoms with E-state index in [9.17, 15) is 0 Å². The molecule has 0 unspecified atom stereocenters. The van der Waals surface area contributed by atoms with Gasteiger partial charge < -0.3 is 5.11 Å². The average molecular weight is 177 g/mol. The predicted molar refractivity (Wildman–Crippen MR) is 37.1 cm³/mol. The summed E-state index contributed by atoms with van der Waals surface area (Å²) in [6.07, 6.45) is 0. The van der Waals surface area contributed by atoms with E-state index < -0.39 is 5.38 Å². The van der Waals surface area contributed by atoms with Gasteiger partial charge in [-0.15, -0.1) is 34.8 Å². The zero-order valence-corrected chi connectivity index (χ0v) is 6.42. The van der Waals surface area contributed by atoms with Crippen molar-refractivity contribution in [1.29, 1.82) is 0 Å². The van der Waals surface area contributed by atoms with Gasteiger partial charge in [0.05, 0.1) is 17.4 Å². The van der Waals surface area contributed by atoms with Gasteiger partial charge in [-0.2, -0.15) is 0 Å². The molecule has 4 heteroatoms. The summed E-state index contributed by atoms with van der Waals surface area (Å²) in [5, 5.41) is 7.61. The van der Waals surface area contributed by atoms with Gasteiger partial charge in [-0.3, -0.25) is 0 Å². The second kappa shape index (κ2) is 4.68. The Balaban J connectivity index is 3.29. The number of halogens is 3. The van der Waals surface area contributed by atoms with E-state index in [4.69, 9.17) is 39.9 Å². The minimum Gasteiger partial charge on any atom is -0.395 e. The first-order chi connectivity index (χ1) is 3.72. The molecule has 0 radical (unpaired) electrons. The Morgan fingerprint density at radius 2 is 1.75 bits per heavy atom. The van der Waals surface area contributed by atoms with Crippen molar-refractivity contribution >= 4 is 34.8 Å². The summed E-state index contributed by atoms with van der Waals surface area (Å²) >= 11 is 16.2. The van der Waals surface area contributed by atoms with E-state index in [0.717, 1.165) is 0 Å². The van der Waals surface area contributed by atoms with Crippen LogP contribution in [0.15, 0.2) is 0 Å². The molecule has 0 aliphatic heterocycles. The maximum Gasteiger partial charge on any atom is 0.0742 e. The summed E-state index contributed by atoms with van der Waals surface area (Å²) in [7, 11) is 0. The van der Waals surface area contributed by atoms with Gasteiger partial charge in [0.2, 0.25) is 0 Å². The Hall–Kier alpha value is 0.830. The Bertz CT molecular complexity index is 51.2. The Morgan fingerprint density at radius 1 is 1.25 bits per heavy atom. The molecule has 1 N–H and O–H groups in total. The molecule has 2 atom stereocenters. The number of aliphatic hydroxyl groups excluding tert-OH is 1. The third-order valence-electron chi connectivity index (χ3n) is 0.714. The van der Waals surface area contributed by atoms with Crippen LogP contribution in [0.3, 0.4) is 0 Å². The lowest BCUT2D eigenvalue weighted by Gasteiger charge is -2.08. The molecule has 0 aromatic rings. The molecular weight excluding hydrogens is 170 g/mol. The number of aliphatic hydroxyl groups is 1. The van der Waals surface area contributed by atoms with Crippen molar-refractivity contribution in [3.05, 3.63) is 0 Å². The second-order valence-electron chi connectivity index (χ2n) is 1.37. The molecule has 0 aromatic carbocycles. The first kappa shape index (κ1) is 8.83. The number of hydrogen-bond acceptors (Lipinski definition) is 1. The summed E-state index contributed by atoms with van der Waals surface area (Å²) < 4.78 is 0. The zero-order valence-electron chi connectivity index (χ0n) is 4.15. The third-order valence-corrected chi connectivity index (χ3v) is 2.23. The lowest BCUT2D eigenvalue weighted by molar-refractivity contribution is 0.292. The topological polar surface area (TPSA) is 20.2 Å². The summed E-state index contributed by atoms with van der Waals surface area (Å²) in [4.78, 5) is 0. The van der Waals surface area contributed by atoms with Gasteiger partial charge in [-0.1, -0.05) is 0 Å². The summed E-state index contributed by atoms with van der Waals surface area (Å²) in [6.45, 7) is -0.123. The number of alkyl halides is 3.